The lowest BCUT2D eigenvalue weighted by Gasteiger charge is -2.32. The third kappa shape index (κ3) is 4.50. The monoisotopic (exact) mass is 413 g/mol. The van der Waals surface area contributed by atoms with Crippen molar-refractivity contribution in [1.29, 1.82) is 5.41 Å². The average molecular weight is 414 g/mol. The molecule has 1 saturated carbocycles. The number of hydrogen-bond acceptors (Lipinski definition) is 5. The zero-order chi connectivity index (χ0) is 22.1. The zero-order valence-corrected chi connectivity index (χ0v) is 18.1. The Balaban J connectivity index is 1.93. The molecule has 0 spiro atoms. The van der Waals surface area contributed by atoms with Gasteiger partial charge in [0, 0.05) is 16.3 Å². The molecule has 0 bridgehead atoms. The van der Waals surface area contributed by atoms with E-state index in [2.05, 4.69) is 5.32 Å². The minimum absolute atomic E-state index is 0.0969. The van der Waals surface area contributed by atoms with Gasteiger partial charge in [0.25, 0.3) is 5.91 Å². The second-order valence-corrected chi connectivity index (χ2v) is 9.13. The van der Waals surface area contributed by atoms with E-state index in [1.165, 1.54) is 0 Å². The molecular weight excluding hydrogens is 382 g/mol. The molecule has 30 heavy (non-hydrogen) atoms. The van der Waals surface area contributed by atoms with Gasteiger partial charge in [-0.05, 0) is 44.1 Å². The van der Waals surface area contributed by atoms with Crippen molar-refractivity contribution >= 4 is 28.5 Å². The van der Waals surface area contributed by atoms with E-state index in [0.717, 1.165) is 37.5 Å². The molecule has 1 aromatic heterocycles. The first-order valence-electron chi connectivity index (χ1n) is 10.5. The summed E-state index contributed by atoms with van der Waals surface area (Å²) in [6, 6.07) is 2.55. The van der Waals surface area contributed by atoms with E-state index in [1.54, 1.807) is 25.3 Å². The van der Waals surface area contributed by atoms with E-state index in [1.807, 2.05) is 20.8 Å². The van der Waals surface area contributed by atoms with E-state index in [0.29, 0.717) is 16.7 Å². The summed E-state index contributed by atoms with van der Waals surface area (Å²) in [5.41, 5.74) is 5.73. The number of fused-ring (bicyclic) bond motifs is 1. The highest BCUT2D eigenvalue weighted by atomic mass is 16.5. The van der Waals surface area contributed by atoms with Crippen molar-refractivity contribution in [3.8, 4) is 0 Å². The molecular formula is C23H31N3O4. The maximum Gasteiger partial charge on any atom is 0.329 e. The summed E-state index contributed by atoms with van der Waals surface area (Å²) in [5.74, 6) is -0.575. The smallest absolute Gasteiger partial charge is 0.329 e. The number of rotatable bonds is 5. The average Bonchev–Trinajstić information content (AvgIpc) is 3.06. The van der Waals surface area contributed by atoms with E-state index in [-0.39, 0.29) is 17.5 Å². The lowest BCUT2D eigenvalue weighted by molar-refractivity contribution is -0.155. The molecule has 1 fully saturated rings. The predicted molar refractivity (Wildman–Crippen MR) is 116 cm³/mol. The van der Waals surface area contributed by atoms with Crippen LogP contribution in [-0.4, -0.2) is 29.9 Å². The Morgan fingerprint density at radius 1 is 1.23 bits per heavy atom. The topological polar surface area (TPSA) is 118 Å². The fourth-order valence-corrected chi connectivity index (χ4v) is 4.01. The number of amidine groups is 1. The van der Waals surface area contributed by atoms with Crippen molar-refractivity contribution in [2.75, 3.05) is 0 Å². The van der Waals surface area contributed by atoms with Crippen molar-refractivity contribution in [2.24, 2.45) is 11.1 Å². The van der Waals surface area contributed by atoms with Crippen LogP contribution < -0.4 is 11.1 Å². The Hall–Kier alpha value is -2.83. The molecule has 2 aromatic rings. The van der Waals surface area contributed by atoms with Crippen LogP contribution in [0.1, 0.15) is 74.6 Å². The van der Waals surface area contributed by atoms with Gasteiger partial charge >= 0.3 is 5.97 Å². The number of nitrogen functional groups attached to an aromatic ring is 1. The van der Waals surface area contributed by atoms with Crippen LogP contribution in [0.3, 0.4) is 0 Å². The molecule has 162 valence electrons. The Morgan fingerprint density at radius 3 is 2.50 bits per heavy atom. The molecule has 7 heteroatoms. The van der Waals surface area contributed by atoms with Crippen LogP contribution >= 0.6 is 0 Å². The third-order valence-electron chi connectivity index (χ3n) is 5.68. The van der Waals surface area contributed by atoms with Crippen molar-refractivity contribution in [1.82, 2.24) is 5.32 Å². The number of nitrogens with one attached hydrogen (secondary N) is 2. The number of furan rings is 1. The van der Waals surface area contributed by atoms with Crippen LogP contribution in [0.5, 0.6) is 0 Å². The number of aryl methyl sites for hydroxylation is 1. The number of esters is 1. The molecule has 1 unspecified atom stereocenters. The summed E-state index contributed by atoms with van der Waals surface area (Å²) in [4.78, 5) is 26.4. The highest BCUT2D eigenvalue weighted by Crippen LogP contribution is 2.29. The predicted octanol–water partition coefficient (Wildman–Crippen LogP) is 4.05. The van der Waals surface area contributed by atoms with Crippen LogP contribution in [0.4, 0.5) is 0 Å². The summed E-state index contributed by atoms with van der Waals surface area (Å²) in [6.07, 6.45) is 6.44. The minimum atomic E-state index is -0.839. The number of benzene rings is 1. The van der Waals surface area contributed by atoms with Gasteiger partial charge in [-0.1, -0.05) is 33.3 Å². The molecule has 0 radical (unpaired) electrons. The van der Waals surface area contributed by atoms with Gasteiger partial charge in [-0.15, -0.1) is 0 Å². The Bertz CT molecular complexity index is 965. The van der Waals surface area contributed by atoms with Crippen LogP contribution in [0.25, 0.3) is 10.8 Å². The summed E-state index contributed by atoms with van der Waals surface area (Å²) in [7, 11) is 0. The highest BCUT2D eigenvalue weighted by molar-refractivity contribution is 6.16. The zero-order valence-electron chi connectivity index (χ0n) is 18.1. The summed E-state index contributed by atoms with van der Waals surface area (Å²) in [6.45, 7) is 7.41. The number of hydrogen-bond donors (Lipinski definition) is 3. The molecule has 0 saturated heterocycles. The second-order valence-electron chi connectivity index (χ2n) is 9.13. The standard InChI is InChI=1S/C23H31N3O4/c1-13-17-14(12-29-13)10-11-16(20(24)25)18(17)21(27)26-19(23(2,3)4)22(28)30-15-8-6-5-7-9-15/h10-12,15,19H,5-9H2,1-4H3,(H3,24,25)(H,26,27). The van der Waals surface area contributed by atoms with E-state index >= 15 is 0 Å². The number of amides is 1. The van der Waals surface area contributed by atoms with Crippen LogP contribution in [0, 0.1) is 17.7 Å². The maximum absolute atomic E-state index is 13.4. The van der Waals surface area contributed by atoms with Crippen LogP contribution in [-0.2, 0) is 9.53 Å². The largest absolute Gasteiger partial charge is 0.468 e. The first kappa shape index (κ1) is 21.9. The molecule has 1 aromatic carbocycles. The van der Waals surface area contributed by atoms with E-state index < -0.39 is 23.3 Å². The molecule has 1 heterocycles. The Labute approximate surface area is 176 Å². The van der Waals surface area contributed by atoms with Gasteiger partial charge in [0.15, 0.2) is 0 Å². The highest BCUT2D eigenvalue weighted by Gasteiger charge is 2.36. The molecule has 1 amide bonds. The van der Waals surface area contributed by atoms with Gasteiger partial charge in [-0.3, -0.25) is 10.2 Å². The summed E-state index contributed by atoms with van der Waals surface area (Å²) < 4.78 is 11.2. The Morgan fingerprint density at radius 2 is 1.90 bits per heavy atom. The molecule has 0 aliphatic heterocycles. The number of nitrogens with two attached hydrogens (primary N) is 1. The molecule has 3 rings (SSSR count). The van der Waals surface area contributed by atoms with Crippen molar-refractivity contribution in [3.05, 3.63) is 35.3 Å². The van der Waals surface area contributed by atoms with Gasteiger partial charge in [0.2, 0.25) is 0 Å². The molecule has 1 atom stereocenters. The SMILES string of the molecule is Cc1occ2ccc(C(=N)N)c(C(=O)NC(C(=O)OC3CCCCC3)C(C)(C)C)c12. The number of ether oxygens (including phenoxy) is 1. The molecule has 4 N–H and O–H groups in total. The van der Waals surface area contributed by atoms with Gasteiger partial charge in [0.1, 0.15) is 23.7 Å². The van der Waals surface area contributed by atoms with Gasteiger partial charge in [-0.25, -0.2) is 4.79 Å². The summed E-state index contributed by atoms with van der Waals surface area (Å²) in [5, 5.41) is 12.1. The van der Waals surface area contributed by atoms with Crippen LogP contribution in [0.15, 0.2) is 22.8 Å². The van der Waals surface area contributed by atoms with Gasteiger partial charge in [0.05, 0.1) is 11.8 Å². The van der Waals surface area contributed by atoms with Gasteiger partial charge in [-0.2, -0.15) is 0 Å². The van der Waals surface area contributed by atoms with Crippen molar-refractivity contribution < 1.29 is 18.7 Å². The molecule has 7 nitrogen and oxygen atoms in total. The van der Waals surface area contributed by atoms with E-state index in [4.69, 9.17) is 20.3 Å². The number of carbonyl (C=O) groups excluding carboxylic acids is 2. The Kier molecular flexibility index (Phi) is 6.19. The molecule has 1 aliphatic carbocycles. The maximum atomic E-state index is 13.4. The number of carbonyl (C=O) groups is 2. The summed E-state index contributed by atoms with van der Waals surface area (Å²) >= 11 is 0. The quantitative estimate of drug-likeness (QED) is 0.388. The minimum Gasteiger partial charge on any atom is -0.468 e. The van der Waals surface area contributed by atoms with Gasteiger partial charge < -0.3 is 20.2 Å². The van der Waals surface area contributed by atoms with Crippen molar-refractivity contribution in [2.45, 2.75) is 71.9 Å². The first-order valence-corrected chi connectivity index (χ1v) is 10.5. The normalized spacial score (nSPS) is 16.3. The fourth-order valence-electron chi connectivity index (χ4n) is 4.01. The second kappa shape index (κ2) is 8.50. The molecule has 1 aliphatic rings. The third-order valence-corrected chi connectivity index (χ3v) is 5.68. The van der Waals surface area contributed by atoms with Crippen molar-refractivity contribution in [3.63, 3.8) is 0 Å². The van der Waals surface area contributed by atoms with Crippen LogP contribution in [0.2, 0.25) is 0 Å². The fraction of sp³-hybridized carbons (Fsp3) is 0.522. The lowest BCUT2D eigenvalue weighted by atomic mass is 9.86. The van der Waals surface area contributed by atoms with E-state index in [9.17, 15) is 9.59 Å². The lowest BCUT2D eigenvalue weighted by Crippen LogP contribution is -2.51. The first-order chi connectivity index (χ1) is 14.1.